The fourth-order valence-corrected chi connectivity index (χ4v) is 1.84. The monoisotopic (exact) mass is 221 g/mol. The first-order valence-corrected chi connectivity index (χ1v) is 5.43. The molecule has 3 heteroatoms. The van der Waals surface area contributed by atoms with Crippen LogP contribution in [0.3, 0.4) is 0 Å². The average molecular weight is 222 g/mol. The second kappa shape index (κ2) is 4.07. The summed E-state index contributed by atoms with van der Waals surface area (Å²) in [7, 11) is 0. The van der Waals surface area contributed by atoms with Crippen LogP contribution in [0, 0.1) is 6.92 Å². The van der Waals surface area contributed by atoms with Gasteiger partial charge in [-0.2, -0.15) is 0 Å². The van der Waals surface area contributed by atoms with Gasteiger partial charge in [0.15, 0.2) is 0 Å². The van der Waals surface area contributed by atoms with E-state index in [9.17, 15) is 0 Å². The van der Waals surface area contributed by atoms with Gasteiger partial charge in [-0.05, 0) is 31.2 Å². The summed E-state index contributed by atoms with van der Waals surface area (Å²) in [4.78, 5) is 0. The topological polar surface area (TPSA) is 8.81 Å². The van der Waals surface area contributed by atoms with Gasteiger partial charge in [-0.25, -0.2) is 9.13 Å². The van der Waals surface area contributed by atoms with E-state index in [1.165, 1.54) is 5.82 Å². The van der Waals surface area contributed by atoms with Crippen LogP contribution in [0.4, 0.5) is 0 Å². The van der Waals surface area contributed by atoms with Crippen molar-refractivity contribution in [3.63, 3.8) is 0 Å². The van der Waals surface area contributed by atoms with Crippen LogP contribution >= 0.6 is 11.6 Å². The van der Waals surface area contributed by atoms with Gasteiger partial charge in [0.05, 0.1) is 6.54 Å². The molecule has 15 heavy (non-hydrogen) atoms. The van der Waals surface area contributed by atoms with E-state index in [2.05, 4.69) is 35.4 Å². The predicted molar refractivity (Wildman–Crippen MR) is 61.4 cm³/mol. The van der Waals surface area contributed by atoms with Gasteiger partial charge in [-0.15, -0.1) is 0 Å². The number of aromatic nitrogens is 2. The van der Waals surface area contributed by atoms with Gasteiger partial charge in [0.1, 0.15) is 18.1 Å². The molecule has 78 valence electrons. The normalized spacial score (nSPS) is 10.6. The highest BCUT2D eigenvalue weighted by atomic mass is 35.5. The standard InChI is InChI=1S/C12H14ClN2/c1-3-14-8-9-15(10(14)2)12-6-4-11(13)5-7-12/h4-9H,3H2,1-2H3/q+1. The van der Waals surface area contributed by atoms with Crippen LogP contribution in [-0.4, -0.2) is 4.57 Å². The van der Waals surface area contributed by atoms with Crippen LogP contribution in [0.5, 0.6) is 0 Å². The maximum Gasteiger partial charge on any atom is 0.258 e. The molecule has 0 saturated heterocycles. The zero-order chi connectivity index (χ0) is 10.8. The lowest BCUT2D eigenvalue weighted by Gasteiger charge is -1.99. The van der Waals surface area contributed by atoms with Crippen molar-refractivity contribution in [2.24, 2.45) is 0 Å². The molecule has 0 aliphatic heterocycles. The molecule has 2 rings (SSSR count). The van der Waals surface area contributed by atoms with Gasteiger partial charge >= 0.3 is 0 Å². The van der Waals surface area contributed by atoms with Crippen molar-refractivity contribution >= 4 is 11.6 Å². The van der Waals surface area contributed by atoms with Gasteiger partial charge < -0.3 is 0 Å². The van der Waals surface area contributed by atoms with Crippen LogP contribution < -0.4 is 4.57 Å². The van der Waals surface area contributed by atoms with E-state index in [1.807, 2.05) is 24.3 Å². The molecule has 0 unspecified atom stereocenters. The SMILES string of the molecule is CC[n+]1ccn(-c2ccc(Cl)cc2)c1C. The third-order valence-corrected chi connectivity index (χ3v) is 2.86. The minimum Gasteiger partial charge on any atom is -0.234 e. The summed E-state index contributed by atoms with van der Waals surface area (Å²) in [6.45, 7) is 5.24. The van der Waals surface area contributed by atoms with Crippen molar-refractivity contribution in [2.45, 2.75) is 20.4 Å². The highest BCUT2D eigenvalue weighted by Crippen LogP contribution is 2.13. The highest BCUT2D eigenvalue weighted by molar-refractivity contribution is 6.30. The van der Waals surface area contributed by atoms with E-state index in [0.717, 1.165) is 17.3 Å². The zero-order valence-corrected chi connectivity index (χ0v) is 9.70. The van der Waals surface area contributed by atoms with Crippen molar-refractivity contribution in [2.75, 3.05) is 0 Å². The molecule has 0 spiro atoms. The Morgan fingerprint density at radius 2 is 1.93 bits per heavy atom. The predicted octanol–water partition coefficient (Wildman–Crippen LogP) is 2.75. The molecule has 1 aromatic heterocycles. The van der Waals surface area contributed by atoms with Gasteiger partial charge in [0.25, 0.3) is 5.82 Å². The van der Waals surface area contributed by atoms with Crippen LogP contribution in [0.1, 0.15) is 12.7 Å². The van der Waals surface area contributed by atoms with Gasteiger partial charge in [-0.1, -0.05) is 11.6 Å². The van der Waals surface area contributed by atoms with Crippen LogP contribution in [0.15, 0.2) is 36.7 Å². The van der Waals surface area contributed by atoms with Crippen LogP contribution in [0.25, 0.3) is 5.69 Å². The molecule has 0 aliphatic carbocycles. The summed E-state index contributed by atoms with van der Waals surface area (Å²) in [5, 5.41) is 0.770. The summed E-state index contributed by atoms with van der Waals surface area (Å²) in [5.74, 6) is 1.22. The molecule has 0 saturated carbocycles. The van der Waals surface area contributed by atoms with Gasteiger partial charge in [0.2, 0.25) is 0 Å². The first kappa shape index (κ1) is 10.2. The second-order valence-corrected chi connectivity index (χ2v) is 3.91. The van der Waals surface area contributed by atoms with Crippen LogP contribution in [-0.2, 0) is 6.54 Å². The zero-order valence-electron chi connectivity index (χ0n) is 8.94. The molecule has 0 N–H and O–H groups in total. The van der Waals surface area contributed by atoms with Crippen molar-refractivity contribution in [1.29, 1.82) is 0 Å². The van der Waals surface area contributed by atoms with Gasteiger partial charge in [-0.3, -0.25) is 0 Å². The largest absolute Gasteiger partial charge is 0.258 e. The Morgan fingerprint density at radius 3 is 2.47 bits per heavy atom. The summed E-state index contributed by atoms with van der Waals surface area (Å²) < 4.78 is 4.36. The Labute approximate surface area is 94.7 Å². The summed E-state index contributed by atoms with van der Waals surface area (Å²) in [6, 6.07) is 7.86. The number of hydrogen-bond acceptors (Lipinski definition) is 0. The molecule has 0 bridgehead atoms. The third kappa shape index (κ3) is 1.90. The quantitative estimate of drug-likeness (QED) is 0.690. The molecule has 1 heterocycles. The molecule has 0 aliphatic rings. The Balaban J connectivity index is 2.45. The highest BCUT2D eigenvalue weighted by Gasteiger charge is 2.11. The van der Waals surface area contributed by atoms with E-state index < -0.39 is 0 Å². The number of nitrogens with zero attached hydrogens (tertiary/aromatic N) is 2. The number of imidazole rings is 1. The Hall–Kier alpha value is -1.28. The first-order valence-electron chi connectivity index (χ1n) is 5.05. The first-order chi connectivity index (χ1) is 7.22. The minimum atomic E-state index is 0.770. The maximum atomic E-state index is 5.86. The smallest absolute Gasteiger partial charge is 0.234 e. The summed E-state index contributed by atoms with van der Waals surface area (Å²) >= 11 is 5.86. The molecular weight excluding hydrogens is 208 g/mol. The fourth-order valence-electron chi connectivity index (χ4n) is 1.71. The Morgan fingerprint density at radius 1 is 1.27 bits per heavy atom. The summed E-state index contributed by atoms with van der Waals surface area (Å²) in [5.41, 5.74) is 1.14. The third-order valence-electron chi connectivity index (χ3n) is 2.61. The molecule has 0 atom stereocenters. The number of hydrogen-bond donors (Lipinski definition) is 0. The molecule has 0 fully saturated rings. The van der Waals surface area contributed by atoms with E-state index in [1.54, 1.807) is 0 Å². The maximum absolute atomic E-state index is 5.86. The Bertz CT molecular complexity index is 457. The average Bonchev–Trinajstić information content (AvgIpc) is 2.61. The van der Waals surface area contributed by atoms with Crippen molar-refractivity contribution in [1.82, 2.24) is 4.57 Å². The van der Waals surface area contributed by atoms with Crippen molar-refractivity contribution in [3.05, 3.63) is 47.5 Å². The number of halogens is 1. The lowest BCUT2D eigenvalue weighted by Crippen LogP contribution is -2.33. The van der Waals surface area contributed by atoms with E-state index in [0.29, 0.717) is 0 Å². The molecule has 0 amide bonds. The summed E-state index contributed by atoms with van der Waals surface area (Å²) in [6.07, 6.45) is 4.16. The molecule has 0 radical (unpaired) electrons. The molecule has 2 aromatic rings. The Kier molecular flexibility index (Phi) is 2.78. The van der Waals surface area contributed by atoms with E-state index >= 15 is 0 Å². The number of aryl methyl sites for hydroxylation is 1. The lowest BCUT2D eigenvalue weighted by molar-refractivity contribution is -0.698. The van der Waals surface area contributed by atoms with E-state index in [-0.39, 0.29) is 0 Å². The second-order valence-electron chi connectivity index (χ2n) is 3.48. The van der Waals surface area contributed by atoms with Crippen molar-refractivity contribution in [3.8, 4) is 5.69 Å². The molecule has 1 aromatic carbocycles. The number of benzene rings is 1. The molecular formula is C12H14ClN2+. The molecule has 2 nitrogen and oxygen atoms in total. The lowest BCUT2D eigenvalue weighted by atomic mass is 10.3. The number of rotatable bonds is 2. The van der Waals surface area contributed by atoms with E-state index in [4.69, 9.17) is 11.6 Å². The van der Waals surface area contributed by atoms with Gasteiger partial charge in [0, 0.05) is 11.9 Å². The van der Waals surface area contributed by atoms with Crippen LogP contribution in [0.2, 0.25) is 5.02 Å². The minimum absolute atomic E-state index is 0.770. The fraction of sp³-hybridized carbons (Fsp3) is 0.250. The van der Waals surface area contributed by atoms with Crippen molar-refractivity contribution < 1.29 is 4.57 Å².